The number of hydrogen-bond donors (Lipinski definition) is 2. The number of ether oxygens (including phenoxy) is 2. The standard InChI is InChI=1S/C23H18ClFN8O4S/c1-36-22-18(7-13(24)10-26-22)38(34,35)32-14-2-3-17(25)15(8-14)16-6-12-9-27-23(29-19-4-5-37-19)30-20(12)33-11-28-31-21(16)33/h2-3,6-11,19,32H,4-5H2,1H3,(H,27,29,30). The maximum absolute atomic E-state index is 15.1. The highest BCUT2D eigenvalue weighted by atomic mass is 35.5. The van der Waals surface area contributed by atoms with Gasteiger partial charge < -0.3 is 14.8 Å². The minimum atomic E-state index is -4.18. The summed E-state index contributed by atoms with van der Waals surface area (Å²) in [7, 11) is -2.89. The lowest BCUT2D eigenvalue weighted by atomic mass is 10.0. The van der Waals surface area contributed by atoms with Crippen LogP contribution in [0.1, 0.15) is 6.42 Å². The predicted octanol–water partition coefficient (Wildman–Crippen LogP) is 3.49. The molecule has 1 saturated heterocycles. The van der Waals surface area contributed by atoms with Crippen LogP contribution in [0.2, 0.25) is 5.02 Å². The lowest BCUT2D eigenvalue weighted by Gasteiger charge is -2.27. The first-order valence-corrected chi connectivity index (χ1v) is 13.1. The Kier molecular flexibility index (Phi) is 5.93. The van der Waals surface area contributed by atoms with Gasteiger partial charge >= 0.3 is 0 Å². The Labute approximate surface area is 219 Å². The second-order valence-corrected chi connectivity index (χ2v) is 10.4. The molecule has 1 aromatic carbocycles. The molecule has 1 aliphatic rings. The van der Waals surface area contributed by atoms with Crippen molar-refractivity contribution in [3.05, 3.63) is 59.9 Å². The number of pyridine rings is 2. The SMILES string of the molecule is COc1ncc(Cl)cc1S(=O)(=O)Nc1ccc(F)c(-c2cc3cnc(NC4CCO4)nc3n3cnnc23)c1. The fourth-order valence-electron chi connectivity index (χ4n) is 3.99. The average Bonchev–Trinajstić information content (AvgIpc) is 3.37. The summed E-state index contributed by atoms with van der Waals surface area (Å²) in [6.07, 6.45) is 5.02. The Morgan fingerprint density at radius 2 is 2.00 bits per heavy atom. The Bertz CT molecular complexity index is 1810. The molecule has 6 rings (SSSR count). The number of fused-ring (bicyclic) bond motifs is 3. The first-order chi connectivity index (χ1) is 18.3. The zero-order chi connectivity index (χ0) is 26.4. The third-order valence-corrected chi connectivity index (χ3v) is 7.46. The van der Waals surface area contributed by atoms with Gasteiger partial charge in [0.15, 0.2) is 16.2 Å². The lowest BCUT2D eigenvalue weighted by molar-refractivity contribution is -0.0317. The second kappa shape index (κ2) is 9.31. The minimum Gasteiger partial charge on any atom is -0.480 e. The summed E-state index contributed by atoms with van der Waals surface area (Å²) in [6.45, 7) is 0.675. The monoisotopic (exact) mass is 556 g/mol. The summed E-state index contributed by atoms with van der Waals surface area (Å²) in [5.74, 6) is -0.360. The molecule has 38 heavy (non-hydrogen) atoms. The molecular weight excluding hydrogens is 539 g/mol. The average molecular weight is 557 g/mol. The number of halogens is 2. The van der Waals surface area contributed by atoms with Crippen molar-refractivity contribution in [1.29, 1.82) is 0 Å². The molecule has 15 heteroatoms. The van der Waals surface area contributed by atoms with Crippen LogP contribution in [-0.4, -0.2) is 57.9 Å². The number of nitrogens with one attached hydrogen (secondary N) is 2. The molecular formula is C23H18ClFN8O4S. The summed E-state index contributed by atoms with van der Waals surface area (Å²) in [4.78, 5) is 12.5. The zero-order valence-corrected chi connectivity index (χ0v) is 21.2. The van der Waals surface area contributed by atoms with Crippen LogP contribution in [-0.2, 0) is 14.8 Å². The van der Waals surface area contributed by atoms with Crippen LogP contribution in [0, 0.1) is 5.82 Å². The normalized spacial score (nSPS) is 15.4. The molecule has 12 nitrogen and oxygen atoms in total. The van der Waals surface area contributed by atoms with Gasteiger partial charge in [-0.25, -0.2) is 22.8 Å². The summed E-state index contributed by atoms with van der Waals surface area (Å²) < 4.78 is 55.8. The van der Waals surface area contributed by atoms with Gasteiger partial charge in [0.25, 0.3) is 10.0 Å². The van der Waals surface area contributed by atoms with Crippen molar-refractivity contribution < 1.29 is 22.3 Å². The van der Waals surface area contributed by atoms with E-state index in [-0.39, 0.29) is 33.3 Å². The Balaban J connectivity index is 1.41. The molecule has 2 N–H and O–H groups in total. The van der Waals surface area contributed by atoms with Crippen molar-refractivity contribution >= 4 is 49.9 Å². The van der Waals surface area contributed by atoms with Gasteiger partial charge in [0.2, 0.25) is 11.8 Å². The Morgan fingerprint density at radius 3 is 2.76 bits per heavy atom. The molecule has 0 saturated carbocycles. The molecule has 0 spiro atoms. The van der Waals surface area contributed by atoms with Gasteiger partial charge in [-0.05, 0) is 30.3 Å². The topological polar surface area (TPSA) is 146 Å². The molecule has 194 valence electrons. The van der Waals surface area contributed by atoms with Crippen molar-refractivity contribution in [2.75, 3.05) is 23.8 Å². The first-order valence-electron chi connectivity index (χ1n) is 11.2. The van der Waals surface area contributed by atoms with Crippen LogP contribution >= 0.6 is 11.6 Å². The second-order valence-electron chi connectivity index (χ2n) is 8.31. The predicted molar refractivity (Wildman–Crippen MR) is 136 cm³/mol. The van der Waals surface area contributed by atoms with Crippen molar-refractivity contribution in [3.63, 3.8) is 0 Å². The van der Waals surface area contributed by atoms with Gasteiger partial charge in [-0.1, -0.05) is 11.6 Å². The van der Waals surface area contributed by atoms with Crippen molar-refractivity contribution in [3.8, 4) is 17.0 Å². The molecule has 1 atom stereocenters. The third-order valence-electron chi connectivity index (χ3n) is 5.88. The highest BCUT2D eigenvalue weighted by molar-refractivity contribution is 7.92. The Morgan fingerprint density at radius 1 is 1.16 bits per heavy atom. The largest absolute Gasteiger partial charge is 0.480 e. The zero-order valence-electron chi connectivity index (χ0n) is 19.6. The van der Waals surface area contributed by atoms with E-state index in [0.29, 0.717) is 34.8 Å². The van der Waals surface area contributed by atoms with Crippen LogP contribution in [0.3, 0.4) is 0 Å². The van der Waals surface area contributed by atoms with Gasteiger partial charge in [-0.15, -0.1) is 10.2 Å². The van der Waals surface area contributed by atoms with E-state index in [9.17, 15) is 8.42 Å². The van der Waals surface area contributed by atoms with E-state index in [1.165, 1.54) is 37.8 Å². The number of sulfonamides is 1. The van der Waals surface area contributed by atoms with E-state index in [0.717, 1.165) is 12.5 Å². The van der Waals surface area contributed by atoms with Crippen LogP contribution in [0.4, 0.5) is 16.0 Å². The van der Waals surface area contributed by atoms with Gasteiger partial charge in [0, 0.05) is 41.0 Å². The number of aromatic nitrogens is 6. The number of anilines is 2. The van der Waals surface area contributed by atoms with Crippen LogP contribution in [0.25, 0.3) is 27.8 Å². The van der Waals surface area contributed by atoms with Crippen molar-refractivity contribution in [1.82, 2.24) is 29.5 Å². The molecule has 0 radical (unpaired) electrons. The first kappa shape index (κ1) is 24.2. The van der Waals surface area contributed by atoms with Gasteiger partial charge in [-0.2, -0.15) is 4.98 Å². The smallest absolute Gasteiger partial charge is 0.267 e. The molecule has 1 fully saturated rings. The molecule has 0 amide bonds. The lowest BCUT2D eigenvalue weighted by Crippen LogP contribution is -2.34. The van der Waals surface area contributed by atoms with Gasteiger partial charge in [0.1, 0.15) is 18.4 Å². The maximum Gasteiger partial charge on any atom is 0.267 e. The number of rotatable bonds is 7. The molecule has 1 unspecified atom stereocenters. The molecule has 5 aromatic rings. The van der Waals surface area contributed by atoms with Crippen molar-refractivity contribution in [2.45, 2.75) is 17.5 Å². The number of benzene rings is 1. The summed E-state index contributed by atoms with van der Waals surface area (Å²) in [5, 5.41) is 11.9. The molecule has 1 aliphatic heterocycles. The fraction of sp³-hybridized carbons (Fsp3) is 0.174. The van der Waals surface area contributed by atoms with Crippen LogP contribution in [0.5, 0.6) is 5.88 Å². The molecule has 4 aromatic heterocycles. The van der Waals surface area contributed by atoms with E-state index in [1.54, 1.807) is 16.7 Å². The maximum atomic E-state index is 15.1. The number of nitrogens with zero attached hydrogens (tertiary/aromatic N) is 6. The minimum absolute atomic E-state index is 0.0892. The van der Waals surface area contributed by atoms with E-state index in [1.807, 2.05) is 0 Å². The molecule has 0 aliphatic carbocycles. The highest BCUT2D eigenvalue weighted by Crippen LogP contribution is 2.33. The Hall–Kier alpha value is -4.14. The summed E-state index contributed by atoms with van der Waals surface area (Å²) in [6, 6.07) is 6.69. The number of hydrogen-bond acceptors (Lipinski definition) is 10. The summed E-state index contributed by atoms with van der Waals surface area (Å²) >= 11 is 5.95. The van der Waals surface area contributed by atoms with Crippen LogP contribution in [0.15, 0.2) is 53.9 Å². The highest BCUT2D eigenvalue weighted by Gasteiger charge is 2.23. The van der Waals surface area contributed by atoms with Crippen molar-refractivity contribution in [2.24, 2.45) is 0 Å². The van der Waals surface area contributed by atoms with E-state index in [2.05, 4.69) is 35.2 Å². The quantitative estimate of drug-likeness (QED) is 0.305. The molecule has 5 heterocycles. The fourth-order valence-corrected chi connectivity index (χ4v) is 5.41. The molecule has 0 bridgehead atoms. The van der Waals surface area contributed by atoms with E-state index >= 15 is 4.39 Å². The van der Waals surface area contributed by atoms with Gasteiger partial charge in [-0.3, -0.25) is 9.12 Å². The van der Waals surface area contributed by atoms with E-state index in [4.69, 9.17) is 21.1 Å². The third kappa shape index (κ3) is 4.31. The van der Waals surface area contributed by atoms with E-state index < -0.39 is 15.8 Å². The summed E-state index contributed by atoms with van der Waals surface area (Å²) in [5.41, 5.74) is 1.37. The number of methoxy groups -OCH3 is 1. The van der Waals surface area contributed by atoms with Gasteiger partial charge in [0.05, 0.1) is 18.7 Å². The van der Waals surface area contributed by atoms with Crippen LogP contribution < -0.4 is 14.8 Å².